The first kappa shape index (κ1) is 14.9. The Bertz CT molecular complexity index is 518. The van der Waals surface area contributed by atoms with Crippen molar-refractivity contribution in [1.82, 2.24) is 0 Å². The largest absolute Gasteiger partial charge is 0.478 e. The summed E-state index contributed by atoms with van der Waals surface area (Å²) in [5.41, 5.74) is 4.06. The van der Waals surface area contributed by atoms with Crippen molar-refractivity contribution in [2.75, 3.05) is 5.32 Å². The fourth-order valence-corrected chi connectivity index (χ4v) is 1.56. The van der Waals surface area contributed by atoms with Gasteiger partial charge in [0.2, 0.25) is 5.91 Å². The number of aromatic carboxylic acids is 1. The molecule has 0 saturated heterocycles. The minimum atomic E-state index is -1.57. The first-order chi connectivity index (χ1) is 8.75. The lowest BCUT2D eigenvalue weighted by molar-refractivity contribution is -0.119. The topological polar surface area (TPSA) is 92.4 Å². The fraction of sp³-hybridized carbons (Fsp3) is 0.333. The Labute approximate surface area is 108 Å². The monoisotopic (exact) mass is 272 g/mol. The van der Waals surface area contributed by atoms with Gasteiger partial charge in [-0.15, -0.1) is 0 Å². The lowest BCUT2D eigenvalue weighted by Gasteiger charge is -2.20. The summed E-state index contributed by atoms with van der Waals surface area (Å²) in [5, 5.41) is 11.1. The Balaban J connectivity index is 3.13. The second-order valence-corrected chi connectivity index (χ2v) is 4.36. The zero-order chi connectivity index (χ0) is 14.7. The molecule has 5 nitrogen and oxygen atoms in total. The SMILES string of the molecule is CC(C)C(Nc1ccc(C(=O)O)c(F)c1F)C(N)=O. The molecule has 4 N–H and O–H groups in total. The Kier molecular flexibility index (Phi) is 4.42. The molecule has 1 aromatic rings. The van der Waals surface area contributed by atoms with Gasteiger partial charge in [-0.3, -0.25) is 4.79 Å². The third kappa shape index (κ3) is 3.18. The quantitative estimate of drug-likeness (QED) is 0.758. The summed E-state index contributed by atoms with van der Waals surface area (Å²) in [6.07, 6.45) is 0. The lowest BCUT2D eigenvalue weighted by Crippen LogP contribution is -2.39. The summed E-state index contributed by atoms with van der Waals surface area (Å²) in [5.74, 6) is -5.36. The number of nitrogens with one attached hydrogen (secondary N) is 1. The van der Waals surface area contributed by atoms with E-state index in [0.717, 1.165) is 12.1 Å². The van der Waals surface area contributed by atoms with Crippen LogP contribution in [0.15, 0.2) is 12.1 Å². The van der Waals surface area contributed by atoms with Crippen molar-refractivity contribution in [3.63, 3.8) is 0 Å². The van der Waals surface area contributed by atoms with Gasteiger partial charge in [-0.1, -0.05) is 13.8 Å². The molecule has 0 saturated carbocycles. The molecule has 1 aromatic carbocycles. The van der Waals surface area contributed by atoms with Crippen LogP contribution in [-0.4, -0.2) is 23.0 Å². The highest BCUT2D eigenvalue weighted by Gasteiger charge is 2.23. The van der Waals surface area contributed by atoms with Gasteiger partial charge in [0, 0.05) is 0 Å². The number of hydrogen-bond acceptors (Lipinski definition) is 3. The maximum Gasteiger partial charge on any atom is 0.338 e. The van der Waals surface area contributed by atoms with Gasteiger partial charge in [0.05, 0.1) is 11.3 Å². The molecule has 1 atom stereocenters. The number of benzene rings is 1. The van der Waals surface area contributed by atoms with Gasteiger partial charge in [0.25, 0.3) is 0 Å². The minimum Gasteiger partial charge on any atom is -0.478 e. The van der Waals surface area contributed by atoms with E-state index < -0.39 is 35.1 Å². The van der Waals surface area contributed by atoms with Crippen LogP contribution in [0.3, 0.4) is 0 Å². The van der Waals surface area contributed by atoms with Gasteiger partial charge in [-0.05, 0) is 18.1 Å². The van der Waals surface area contributed by atoms with Crippen LogP contribution in [0.1, 0.15) is 24.2 Å². The average molecular weight is 272 g/mol. The molecule has 104 valence electrons. The third-order valence-electron chi connectivity index (χ3n) is 2.60. The normalized spacial score (nSPS) is 12.3. The highest BCUT2D eigenvalue weighted by molar-refractivity contribution is 5.89. The number of primary amides is 1. The number of carboxylic acids is 1. The number of carboxylic acid groups (broad SMARTS) is 1. The molecule has 7 heteroatoms. The van der Waals surface area contributed by atoms with E-state index in [0.29, 0.717) is 0 Å². The number of rotatable bonds is 5. The molecule has 0 heterocycles. The Morgan fingerprint density at radius 2 is 1.84 bits per heavy atom. The van der Waals surface area contributed by atoms with E-state index in [1.807, 2.05) is 0 Å². The second kappa shape index (κ2) is 5.64. The van der Waals surface area contributed by atoms with Crippen molar-refractivity contribution < 1.29 is 23.5 Å². The summed E-state index contributed by atoms with van der Waals surface area (Å²) in [4.78, 5) is 21.8. The van der Waals surface area contributed by atoms with Crippen LogP contribution in [0.25, 0.3) is 0 Å². The van der Waals surface area contributed by atoms with E-state index in [-0.39, 0.29) is 11.6 Å². The molecular weight excluding hydrogens is 258 g/mol. The number of hydrogen-bond donors (Lipinski definition) is 3. The molecule has 0 aliphatic rings. The maximum absolute atomic E-state index is 13.7. The second-order valence-electron chi connectivity index (χ2n) is 4.36. The molecule has 1 amide bonds. The standard InChI is InChI=1S/C12H14F2N2O3/c1-5(2)10(11(15)17)16-7-4-3-6(12(18)19)8(13)9(7)14/h3-5,10,16H,1-2H3,(H2,15,17)(H,18,19). The number of amides is 1. The smallest absolute Gasteiger partial charge is 0.338 e. The Morgan fingerprint density at radius 3 is 2.26 bits per heavy atom. The van der Waals surface area contributed by atoms with Gasteiger partial charge >= 0.3 is 5.97 Å². The minimum absolute atomic E-state index is 0.237. The Hall–Kier alpha value is -2.18. The van der Waals surface area contributed by atoms with Crippen LogP contribution in [0.2, 0.25) is 0 Å². The highest BCUT2D eigenvalue weighted by Crippen LogP contribution is 2.22. The molecule has 0 aliphatic carbocycles. The number of carbonyl (C=O) groups is 2. The van der Waals surface area contributed by atoms with Crippen molar-refractivity contribution in [1.29, 1.82) is 0 Å². The molecule has 0 bridgehead atoms. The van der Waals surface area contributed by atoms with Crippen LogP contribution in [0.4, 0.5) is 14.5 Å². The molecule has 0 radical (unpaired) electrons. The number of anilines is 1. The lowest BCUT2D eigenvalue weighted by atomic mass is 10.0. The molecule has 1 unspecified atom stereocenters. The van der Waals surface area contributed by atoms with Crippen LogP contribution >= 0.6 is 0 Å². The predicted octanol–water partition coefficient (Wildman–Crippen LogP) is 1.58. The summed E-state index contributed by atoms with van der Waals surface area (Å²) in [6, 6.07) is 1.09. The van der Waals surface area contributed by atoms with E-state index in [4.69, 9.17) is 10.8 Å². The van der Waals surface area contributed by atoms with Gasteiger partial charge in [-0.25, -0.2) is 13.6 Å². The van der Waals surface area contributed by atoms with Crippen molar-refractivity contribution >= 4 is 17.6 Å². The molecular formula is C12H14F2N2O3. The van der Waals surface area contributed by atoms with Crippen molar-refractivity contribution in [2.24, 2.45) is 11.7 Å². The summed E-state index contributed by atoms with van der Waals surface area (Å²) in [6.45, 7) is 3.37. The van der Waals surface area contributed by atoms with E-state index >= 15 is 0 Å². The van der Waals surface area contributed by atoms with Crippen LogP contribution in [-0.2, 0) is 4.79 Å². The molecule has 0 spiro atoms. The predicted molar refractivity (Wildman–Crippen MR) is 64.8 cm³/mol. The van der Waals surface area contributed by atoms with Crippen LogP contribution in [0, 0.1) is 17.6 Å². The average Bonchev–Trinajstić information content (AvgIpc) is 2.29. The van der Waals surface area contributed by atoms with E-state index in [1.165, 1.54) is 0 Å². The summed E-state index contributed by atoms with van der Waals surface area (Å²) < 4.78 is 27.1. The van der Waals surface area contributed by atoms with Gasteiger partial charge in [-0.2, -0.15) is 0 Å². The summed E-state index contributed by atoms with van der Waals surface area (Å²) in [7, 11) is 0. The van der Waals surface area contributed by atoms with Gasteiger partial charge in [0.15, 0.2) is 11.6 Å². The maximum atomic E-state index is 13.7. The van der Waals surface area contributed by atoms with Crippen molar-refractivity contribution in [3.8, 4) is 0 Å². The van der Waals surface area contributed by atoms with Crippen molar-refractivity contribution in [3.05, 3.63) is 29.3 Å². The molecule has 0 aliphatic heterocycles. The third-order valence-corrected chi connectivity index (χ3v) is 2.60. The number of nitrogens with two attached hydrogens (primary N) is 1. The highest BCUT2D eigenvalue weighted by atomic mass is 19.2. The molecule has 0 fully saturated rings. The number of halogens is 2. The van der Waals surface area contributed by atoms with Gasteiger partial charge < -0.3 is 16.2 Å². The van der Waals surface area contributed by atoms with Crippen molar-refractivity contribution in [2.45, 2.75) is 19.9 Å². The van der Waals surface area contributed by atoms with E-state index in [2.05, 4.69) is 5.32 Å². The first-order valence-electron chi connectivity index (χ1n) is 5.52. The first-order valence-corrected chi connectivity index (χ1v) is 5.52. The molecule has 1 rings (SSSR count). The zero-order valence-electron chi connectivity index (χ0n) is 10.4. The number of carbonyl (C=O) groups excluding carboxylic acids is 1. The Morgan fingerprint density at radius 1 is 1.26 bits per heavy atom. The fourth-order valence-electron chi connectivity index (χ4n) is 1.56. The van der Waals surface area contributed by atoms with E-state index in [9.17, 15) is 18.4 Å². The zero-order valence-corrected chi connectivity index (χ0v) is 10.4. The molecule has 0 aromatic heterocycles. The van der Waals surface area contributed by atoms with E-state index in [1.54, 1.807) is 13.8 Å². The molecule has 19 heavy (non-hydrogen) atoms. The van der Waals surface area contributed by atoms with Gasteiger partial charge in [0.1, 0.15) is 6.04 Å². The van der Waals surface area contributed by atoms with Crippen LogP contribution in [0.5, 0.6) is 0 Å². The summed E-state index contributed by atoms with van der Waals surface area (Å²) >= 11 is 0. The van der Waals surface area contributed by atoms with Crippen LogP contribution < -0.4 is 11.1 Å².